The van der Waals surface area contributed by atoms with Crippen LogP contribution in [-0.2, 0) is 9.59 Å². The van der Waals surface area contributed by atoms with Gasteiger partial charge in [-0.1, -0.05) is 13.8 Å². The Morgan fingerprint density at radius 1 is 1.38 bits per heavy atom. The molecule has 4 heteroatoms. The Morgan fingerprint density at radius 2 is 2.00 bits per heavy atom. The summed E-state index contributed by atoms with van der Waals surface area (Å²) < 4.78 is 0. The molecule has 0 aromatic carbocycles. The average Bonchev–Trinajstić information content (AvgIpc) is 2.65. The molecule has 0 aliphatic carbocycles. The highest BCUT2D eigenvalue weighted by Crippen LogP contribution is 2.20. The van der Waals surface area contributed by atoms with Gasteiger partial charge in [0, 0.05) is 6.54 Å². The van der Waals surface area contributed by atoms with Crippen LogP contribution < -0.4 is 5.32 Å². The third kappa shape index (κ3) is 2.61. The van der Waals surface area contributed by atoms with E-state index in [9.17, 15) is 9.59 Å². The molecular formula is C12H22N2O2. The highest BCUT2D eigenvalue weighted by atomic mass is 16.2. The standard InChI is InChI=1S/C12H22N2O2/c1-8(2)11(13-4)12(16)14-7-5-6-10(14)9(3)15/h8,10-11,13H,5-7H2,1-4H3/t10-,11-/m0/s1. The van der Waals surface area contributed by atoms with Crippen LogP contribution in [0.15, 0.2) is 0 Å². The van der Waals surface area contributed by atoms with Crippen LogP contribution in [-0.4, -0.2) is 42.3 Å². The summed E-state index contributed by atoms with van der Waals surface area (Å²) in [4.78, 5) is 25.4. The average molecular weight is 226 g/mol. The summed E-state index contributed by atoms with van der Waals surface area (Å²) in [5.74, 6) is 0.408. The van der Waals surface area contributed by atoms with Crippen LogP contribution in [0.5, 0.6) is 0 Å². The second kappa shape index (κ2) is 5.43. The van der Waals surface area contributed by atoms with E-state index in [0.717, 1.165) is 12.8 Å². The van der Waals surface area contributed by atoms with Crippen molar-refractivity contribution in [1.82, 2.24) is 10.2 Å². The molecule has 0 aromatic heterocycles. The zero-order valence-corrected chi connectivity index (χ0v) is 10.6. The minimum Gasteiger partial charge on any atom is -0.331 e. The van der Waals surface area contributed by atoms with Gasteiger partial charge in [0.25, 0.3) is 0 Å². The predicted octanol–water partition coefficient (Wildman–Crippen LogP) is 0.810. The second-order valence-corrected chi connectivity index (χ2v) is 4.81. The minimum absolute atomic E-state index is 0.0650. The minimum atomic E-state index is -0.193. The van der Waals surface area contributed by atoms with E-state index in [1.165, 1.54) is 0 Å². The lowest BCUT2D eigenvalue weighted by Gasteiger charge is -2.29. The Hall–Kier alpha value is -0.900. The van der Waals surface area contributed by atoms with E-state index < -0.39 is 0 Å². The first-order valence-corrected chi connectivity index (χ1v) is 5.97. The fraction of sp³-hybridized carbons (Fsp3) is 0.833. The van der Waals surface area contributed by atoms with Gasteiger partial charge in [-0.05, 0) is 32.7 Å². The Kier molecular flexibility index (Phi) is 4.47. The smallest absolute Gasteiger partial charge is 0.240 e. The molecule has 16 heavy (non-hydrogen) atoms. The summed E-state index contributed by atoms with van der Waals surface area (Å²) >= 11 is 0. The molecule has 0 unspecified atom stereocenters. The van der Waals surface area contributed by atoms with Gasteiger partial charge in [-0.3, -0.25) is 9.59 Å². The number of nitrogens with zero attached hydrogens (tertiary/aromatic N) is 1. The molecule has 92 valence electrons. The van der Waals surface area contributed by atoms with Crippen molar-refractivity contribution in [3.05, 3.63) is 0 Å². The normalized spacial score (nSPS) is 22.6. The number of Topliss-reactive ketones (excluding diaryl/α,β-unsaturated/α-hetero) is 1. The maximum absolute atomic E-state index is 12.2. The van der Waals surface area contributed by atoms with Crippen molar-refractivity contribution in [2.75, 3.05) is 13.6 Å². The molecule has 0 radical (unpaired) electrons. The van der Waals surface area contributed by atoms with E-state index in [1.807, 2.05) is 13.8 Å². The Balaban J connectivity index is 2.75. The molecule has 1 aliphatic heterocycles. The Morgan fingerprint density at radius 3 is 2.44 bits per heavy atom. The first-order valence-electron chi connectivity index (χ1n) is 5.97. The number of hydrogen-bond donors (Lipinski definition) is 1. The summed E-state index contributed by atoms with van der Waals surface area (Å²) in [5.41, 5.74) is 0. The monoisotopic (exact) mass is 226 g/mol. The van der Waals surface area contributed by atoms with Gasteiger partial charge < -0.3 is 10.2 Å². The van der Waals surface area contributed by atoms with Crippen LogP contribution in [0.2, 0.25) is 0 Å². The fourth-order valence-corrected chi connectivity index (χ4v) is 2.37. The molecule has 1 fully saturated rings. The third-order valence-electron chi connectivity index (χ3n) is 3.25. The topological polar surface area (TPSA) is 49.4 Å². The van der Waals surface area contributed by atoms with Crippen LogP contribution in [0.25, 0.3) is 0 Å². The number of hydrogen-bond acceptors (Lipinski definition) is 3. The molecule has 0 spiro atoms. The molecule has 1 amide bonds. The van der Waals surface area contributed by atoms with E-state index >= 15 is 0 Å². The van der Waals surface area contributed by atoms with Crippen LogP contribution in [0.4, 0.5) is 0 Å². The summed E-state index contributed by atoms with van der Waals surface area (Å²) in [6.07, 6.45) is 1.75. The van der Waals surface area contributed by atoms with E-state index in [2.05, 4.69) is 5.32 Å². The number of likely N-dealkylation sites (N-methyl/N-ethyl adjacent to an activating group) is 1. The lowest BCUT2D eigenvalue weighted by atomic mass is 10.0. The number of likely N-dealkylation sites (tertiary alicyclic amines) is 1. The number of rotatable bonds is 4. The summed E-state index contributed by atoms with van der Waals surface area (Å²) in [6.45, 7) is 6.31. The summed E-state index contributed by atoms with van der Waals surface area (Å²) in [5, 5.41) is 3.04. The zero-order chi connectivity index (χ0) is 12.3. The molecule has 1 aliphatic rings. The van der Waals surface area contributed by atoms with Crippen LogP contribution in [0, 0.1) is 5.92 Å². The molecule has 0 bridgehead atoms. The molecular weight excluding hydrogens is 204 g/mol. The van der Waals surface area contributed by atoms with Crippen molar-refractivity contribution in [2.24, 2.45) is 5.92 Å². The lowest BCUT2D eigenvalue weighted by molar-refractivity contribution is -0.139. The van der Waals surface area contributed by atoms with Crippen LogP contribution in [0.1, 0.15) is 33.6 Å². The van der Waals surface area contributed by atoms with Gasteiger partial charge >= 0.3 is 0 Å². The Labute approximate surface area is 97.4 Å². The van der Waals surface area contributed by atoms with Gasteiger partial charge in [0.05, 0.1) is 12.1 Å². The number of carbonyl (C=O) groups is 2. The highest BCUT2D eigenvalue weighted by Gasteiger charge is 2.35. The largest absolute Gasteiger partial charge is 0.331 e. The number of amides is 1. The van der Waals surface area contributed by atoms with Crippen molar-refractivity contribution in [3.8, 4) is 0 Å². The summed E-state index contributed by atoms with van der Waals surface area (Å²) in [7, 11) is 1.79. The van der Waals surface area contributed by atoms with Crippen molar-refractivity contribution in [2.45, 2.75) is 45.7 Å². The second-order valence-electron chi connectivity index (χ2n) is 4.81. The maximum Gasteiger partial charge on any atom is 0.240 e. The highest BCUT2D eigenvalue weighted by molar-refractivity contribution is 5.90. The van der Waals surface area contributed by atoms with Gasteiger partial charge in [-0.2, -0.15) is 0 Å². The van der Waals surface area contributed by atoms with Crippen molar-refractivity contribution in [3.63, 3.8) is 0 Å². The molecule has 4 nitrogen and oxygen atoms in total. The number of carbonyl (C=O) groups excluding carboxylic acids is 2. The maximum atomic E-state index is 12.2. The van der Waals surface area contributed by atoms with Crippen LogP contribution >= 0.6 is 0 Å². The van der Waals surface area contributed by atoms with Crippen molar-refractivity contribution >= 4 is 11.7 Å². The molecule has 1 N–H and O–H groups in total. The molecule has 2 atom stereocenters. The van der Waals surface area contributed by atoms with Crippen LogP contribution in [0.3, 0.4) is 0 Å². The van der Waals surface area contributed by atoms with Gasteiger partial charge in [-0.25, -0.2) is 0 Å². The molecule has 0 aromatic rings. The van der Waals surface area contributed by atoms with Crippen molar-refractivity contribution < 1.29 is 9.59 Å². The van der Waals surface area contributed by atoms with E-state index in [0.29, 0.717) is 6.54 Å². The Bertz CT molecular complexity index is 276. The lowest BCUT2D eigenvalue weighted by Crippen LogP contribution is -2.51. The van der Waals surface area contributed by atoms with E-state index in [1.54, 1.807) is 18.9 Å². The molecule has 0 saturated carbocycles. The first-order chi connectivity index (χ1) is 7.49. The first kappa shape index (κ1) is 13.2. The molecule has 1 rings (SSSR count). The van der Waals surface area contributed by atoms with E-state index in [4.69, 9.17) is 0 Å². The summed E-state index contributed by atoms with van der Waals surface area (Å²) in [6, 6.07) is -0.373. The van der Waals surface area contributed by atoms with Gasteiger partial charge in [0.15, 0.2) is 5.78 Å². The van der Waals surface area contributed by atoms with Gasteiger partial charge in [0.2, 0.25) is 5.91 Å². The third-order valence-corrected chi connectivity index (χ3v) is 3.25. The number of nitrogens with one attached hydrogen (secondary N) is 1. The molecule has 1 heterocycles. The zero-order valence-electron chi connectivity index (χ0n) is 10.6. The fourth-order valence-electron chi connectivity index (χ4n) is 2.37. The van der Waals surface area contributed by atoms with Crippen molar-refractivity contribution in [1.29, 1.82) is 0 Å². The molecule has 1 saturated heterocycles. The van der Waals surface area contributed by atoms with E-state index in [-0.39, 0.29) is 29.7 Å². The quantitative estimate of drug-likeness (QED) is 0.771. The number of ketones is 1. The van der Waals surface area contributed by atoms with Gasteiger partial charge in [-0.15, -0.1) is 0 Å². The SMILES string of the molecule is CN[C@H](C(=O)N1CCC[C@H]1C(C)=O)C(C)C. The predicted molar refractivity (Wildman–Crippen MR) is 63.1 cm³/mol. The van der Waals surface area contributed by atoms with Gasteiger partial charge in [0.1, 0.15) is 0 Å².